The van der Waals surface area contributed by atoms with Crippen LogP contribution in [-0.2, 0) is 23.9 Å². The quantitative estimate of drug-likeness (QED) is 0.144. The fraction of sp³-hybridized carbons (Fsp3) is 0.182. The van der Waals surface area contributed by atoms with Crippen molar-refractivity contribution in [2.75, 3.05) is 17.7 Å². The number of hydrogen-bond acceptors (Lipinski definition) is 10. The van der Waals surface area contributed by atoms with E-state index in [9.17, 15) is 19.2 Å². The molecule has 3 aromatic carbocycles. The molecule has 1 fully saturated rings. The number of ketones is 1. The van der Waals surface area contributed by atoms with Gasteiger partial charge in [-0.15, -0.1) is 11.8 Å². The third-order valence-corrected chi connectivity index (χ3v) is 9.43. The highest BCUT2D eigenvalue weighted by Gasteiger charge is 2.54. The number of benzene rings is 3. The van der Waals surface area contributed by atoms with Gasteiger partial charge in [-0.3, -0.25) is 19.3 Å². The molecule has 4 aromatic rings. The molecule has 2 atom stereocenters. The van der Waals surface area contributed by atoms with Gasteiger partial charge in [0.25, 0.3) is 5.91 Å². The first-order valence-corrected chi connectivity index (χ1v) is 15.7. The lowest BCUT2D eigenvalue weighted by Gasteiger charge is -2.49. The monoisotopic (exact) mass is 625 g/mol. The maximum Gasteiger partial charge on any atom is 0.356 e. The first-order chi connectivity index (χ1) is 21.4. The van der Waals surface area contributed by atoms with Gasteiger partial charge in [0.1, 0.15) is 23.7 Å². The number of ether oxygens (including phenoxy) is 2. The van der Waals surface area contributed by atoms with Gasteiger partial charge in [-0.2, -0.15) is 0 Å². The summed E-state index contributed by atoms with van der Waals surface area (Å²) in [5, 5.41) is 3.15. The highest BCUT2D eigenvalue weighted by atomic mass is 32.2. The summed E-state index contributed by atoms with van der Waals surface area (Å²) in [6.45, 7) is 1.15. The van der Waals surface area contributed by atoms with E-state index in [4.69, 9.17) is 9.47 Å². The number of carbonyl (C=O) groups excluding carboxylic acids is 4. The molecule has 0 radical (unpaired) electrons. The summed E-state index contributed by atoms with van der Waals surface area (Å²) in [6, 6.07) is 26.9. The van der Waals surface area contributed by atoms with Crippen LogP contribution in [0.2, 0.25) is 0 Å². The van der Waals surface area contributed by atoms with Crippen molar-refractivity contribution >= 4 is 51.9 Å². The number of anilines is 1. The number of rotatable bonds is 10. The van der Waals surface area contributed by atoms with E-state index in [0.29, 0.717) is 26.9 Å². The highest BCUT2D eigenvalue weighted by Crippen LogP contribution is 2.43. The second kappa shape index (κ2) is 12.9. The topological polar surface area (TPSA) is 115 Å². The number of β-lactam (4-membered cyclic amide) rings is 1. The van der Waals surface area contributed by atoms with Crippen LogP contribution in [0.1, 0.15) is 39.4 Å². The predicted octanol–water partition coefficient (Wildman–Crippen LogP) is 5.22. The van der Waals surface area contributed by atoms with Crippen LogP contribution in [-0.4, -0.2) is 57.3 Å². The number of nitrogens with one attached hydrogen (secondary N) is 1. The third kappa shape index (κ3) is 6.01. The van der Waals surface area contributed by atoms with Gasteiger partial charge in [0.2, 0.25) is 5.78 Å². The first kappa shape index (κ1) is 29.3. The molecule has 2 aliphatic heterocycles. The summed E-state index contributed by atoms with van der Waals surface area (Å²) in [7, 11) is 0. The summed E-state index contributed by atoms with van der Waals surface area (Å²) in [4.78, 5) is 58.2. The molecule has 6 rings (SSSR count). The summed E-state index contributed by atoms with van der Waals surface area (Å²) >= 11 is 2.61. The number of nitrogens with zero attached hydrogens (tertiary/aromatic N) is 2. The molecule has 222 valence electrons. The smallest absolute Gasteiger partial charge is 0.356 e. The number of fused-ring (bicyclic) bond motifs is 1. The fourth-order valence-electron chi connectivity index (χ4n) is 5.03. The van der Waals surface area contributed by atoms with E-state index in [0.717, 1.165) is 22.5 Å². The molecule has 2 aliphatic rings. The Morgan fingerprint density at radius 2 is 1.57 bits per heavy atom. The van der Waals surface area contributed by atoms with Gasteiger partial charge in [-0.1, -0.05) is 102 Å². The van der Waals surface area contributed by atoms with E-state index in [1.165, 1.54) is 29.8 Å². The minimum atomic E-state index is -0.721. The second-order valence-corrected chi connectivity index (χ2v) is 12.2. The molecular weight excluding hydrogens is 599 g/mol. The Morgan fingerprint density at radius 1 is 0.955 bits per heavy atom. The lowest BCUT2D eigenvalue weighted by atomic mass is 10.0. The largest absolute Gasteiger partial charge is 0.461 e. The number of carbonyl (C=O) groups is 4. The summed E-state index contributed by atoms with van der Waals surface area (Å²) in [5.74, 6) is -1.34. The molecule has 11 heteroatoms. The van der Waals surface area contributed by atoms with Crippen molar-refractivity contribution in [3.05, 3.63) is 130 Å². The van der Waals surface area contributed by atoms with E-state index < -0.39 is 29.5 Å². The summed E-state index contributed by atoms with van der Waals surface area (Å²) in [6.07, 6.45) is 0.770. The average Bonchev–Trinajstić information content (AvgIpc) is 3.54. The van der Waals surface area contributed by atoms with E-state index in [1.54, 1.807) is 24.3 Å². The van der Waals surface area contributed by atoms with Crippen LogP contribution in [0.15, 0.2) is 108 Å². The number of hydrogen-bond donors (Lipinski definition) is 1. The molecule has 1 N–H and O–H groups in total. The van der Waals surface area contributed by atoms with Gasteiger partial charge in [-0.05, 0) is 11.1 Å². The third-order valence-electron chi connectivity index (χ3n) is 7.16. The van der Waals surface area contributed by atoms with Gasteiger partial charge >= 0.3 is 11.9 Å². The van der Waals surface area contributed by atoms with Crippen LogP contribution in [0.25, 0.3) is 0 Å². The van der Waals surface area contributed by atoms with Gasteiger partial charge in [-0.25, -0.2) is 9.78 Å². The zero-order valence-electron chi connectivity index (χ0n) is 23.5. The Hall–Kier alpha value is -4.74. The number of amides is 1. The van der Waals surface area contributed by atoms with Crippen LogP contribution in [0.4, 0.5) is 5.13 Å². The highest BCUT2D eigenvalue weighted by molar-refractivity contribution is 8.00. The van der Waals surface area contributed by atoms with E-state index in [2.05, 4.69) is 10.3 Å². The molecule has 0 unspecified atom stereocenters. The van der Waals surface area contributed by atoms with Crippen molar-refractivity contribution in [1.29, 1.82) is 0 Å². The Balaban J connectivity index is 1.24. The molecule has 0 spiro atoms. The molecule has 1 amide bonds. The minimum absolute atomic E-state index is 0.0778. The predicted molar refractivity (Wildman–Crippen MR) is 167 cm³/mol. The number of thioether (sulfide) groups is 1. The molecule has 44 heavy (non-hydrogen) atoms. The molecular formula is C33H27N3O6S2. The van der Waals surface area contributed by atoms with E-state index in [-0.39, 0.29) is 24.0 Å². The van der Waals surface area contributed by atoms with Gasteiger partial charge in [0.15, 0.2) is 11.2 Å². The maximum atomic E-state index is 13.9. The lowest BCUT2D eigenvalue weighted by Crippen LogP contribution is -2.67. The van der Waals surface area contributed by atoms with Crippen molar-refractivity contribution in [2.24, 2.45) is 0 Å². The average molecular weight is 626 g/mol. The van der Waals surface area contributed by atoms with Crippen LogP contribution in [0.5, 0.6) is 0 Å². The number of esters is 2. The van der Waals surface area contributed by atoms with Gasteiger partial charge < -0.3 is 14.8 Å². The van der Waals surface area contributed by atoms with Crippen molar-refractivity contribution in [3.63, 3.8) is 0 Å². The van der Waals surface area contributed by atoms with Crippen molar-refractivity contribution in [2.45, 2.75) is 24.4 Å². The molecule has 9 nitrogen and oxygen atoms in total. The first-order valence-electron chi connectivity index (χ1n) is 13.8. The standard InChI is InChI=1S/C33H27N3O6S2/c1-20(37)41-18-24-19-43-31-26(35-33-34-17-25(44-33)28(38)21-11-5-2-6-12-21)30(39)36(31)27(24)32(40)42-29(22-13-7-3-8-14-22)23-15-9-4-10-16-23/h2-17,26,29,31H,18-19H2,1H3,(H,34,35)/t26-,31-/m1/s1. The zero-order chi connectivity index (χ0) is 30.6. The van der Waals surface area contributed by atoms with Crippen LogP contribution in [0, 0.1) is 0 Å². The second-order valence-electron chi connectivity index (χ2n) is 10.1. The van der Waals surface area contributed by atoms with Gasteiger partial charge in [0, 0.05) is 23.8 Å². The van der Waals surface area contributed by atoms with Crippen LogP contribution < -0.4 is 5.32 Å². The zero-order valence-corrected chi connectivity index (χ0v) is 25.2. The maximum absolute atomic E-state index is 13.9. The molecule has 0 saturated carbocycles. The fourth-order valence-corrected chi connectivity index (χ4v) is 7.17. The molecule has 1 saturated heterocycles. The summed E-state index contributed by atoms with van der Waals surface area (Å²) < 4.78 is 11.4. The van der Waals surface area contributed by atoms with Crippen molar-refractivity contribution in [1.82, 2.24) is 9.88 Å². The Morgan fingerprint density at radius 3 is 2.18 bits per heavy atom. The molecule has 1 aromatic heterocycles. The van der Waals surface area contributed by atoms with Crippen molar-refractivity contribution < 1.29 is 28.7 Å². The molecule has 3 heterocycles. The summed E-state index contributed by atoms with van der Waals surface area (Å²) in [5.41, 5.74) is 2.66. The molecule has 0 aliphatic carbocycles. The van der Waals surface area contributed by atoms with Crippen molar-refractivity contribution in [3.8, 4) is 0 Å². The Bertz CT molecular complexity index is 1690. The van der Waals surface area contributed by atoms with E-state index >= 15 is 0 Å². The molecule has 0 bridgehead atoms. The van der Waals surface area contributed by atoms with Crippen LogP contribution >= 0.6 is 23.1 Å². The minimum Gasteiger partial charge on any atom is -0.461 e. The Labute approximate surface area is 261 Å². The Kier molecular flexibility index (Phi) is 8.58. The number of aromatic nitrogens is 1. The number of thiazole rings is 1. The van der Waals surface area contributed by atoms with E-state index in [1.807, 2.05) is 66.7 Å². The SMILES string of the molecule is CC(=O)OCC1=C(C(=O)OC(c2ccccc2)c2ccccc2)N2C(=O)[C@@H](Nc3ncc(C(=O)c4ccccc4)s3)[C@H]2SC1. The normalized spacial score (nSPS) is 17.5. The van der Waals surface area contributed by atoms with Gasteiger partial charge in [0.05, 0.1) is 11.1 Å². The lowest BCUT2D eigenvalue weighted by molar-refractivity contribution is -0.152. The van der Waals surface area contributed by atoms with Crippen LogP contribution in [0.3, 0.4) is 0 Å².